The lowest BCUT2D eigenvalue weighted by atomic mass is 10.1. The van der Waals surface area contributed by atoms with E-state index in [1.165, 1.54) is 19.2 Å². The molecule has 1 fully saturated rings. The second-order valence-corrected chi connectivity index (χ2v) is 4.36. The molecule has 6 nitrogen and oxygen atoms in total. The number of halogens is 1. The fourth-order valence-corrected chi connectivity index (χ4v) is 1.81. The zero-order valence-corrected chi connectivity index (χ0v) is 10.9. The van der Waals surface area contributed by atoms with Gasteiger partial charge in [0.15, 0.2) is 0 Å². The summed E-state index contributed by atoms with van der Waals surface area (Å²) in [7, 11) is 1.42. The lowest BCUT2D eigenvalue weighted by Gasteiger charge is -2.10. The van der Waals surface area contributed by atoms with Gasteiger partial charge in [0.05, 0.1) is 23.8 Å². The topological polar surface area (TPSA) is 76.7 Å². The summed E-state index contributed by atoms with van der Waals surface area (Å²) in [6.45, 7) is 0.875. The molecule has 1 unspecified atom stereocenters. The van der Waals surface area contributed by atoms with Crippen molar-refractivity contribution in [3.05, 3.63) is 29.6 Å². The average molecular weight is 282 g/mol. The Labute approximate surface area is 115 Å². The van der Waals surface area contributed by atoms with Crippen LogP contribution in [-0.4, -0.2) is 32.1 Å². The molecule has 2 N–H and O–H groups in total. The molecule has 1 saturated heterocycles. The van der Waals surface area contributed by atoms with Gasteiger partial charge in [-0.15, -0.1) is 0 Å². The number of anilines is 1. The van der Waals surface area contributed by atoms with Crippen molar-refractivity contribution >= 4 is 17.6 Å². The molecule has 0 aliphatic carbocycles. The van der Waals surface area contributed by atoms with E-state index in [0.717, 1.165) is 6.07 Å². The molecule has 0 bridgehead atoms. The Morgan fingerprint density at radius 2 is 2.25 bits per heavy atom. The zero-order chi connectivity index (χ0) is 14.5. The Morgan fingerprint density at radius 1 is 1.45 bits per heavy atom. The second-order valence-electron chi connectivity index (χ2n) is 4.36. The molecule has 1 aliphatic heterocycles. The van der Waals surface area contributed by atoms with E-state index in [1.54, 1.807) is 0 Å². The first-order valence-corrected chi connectivity index (χ1v) is 6.18. The maximum Gasteiger partial charge on any atom is 0.337 e. The van der Waals surface area contributed by atoms with E-state index in [-0.39, 0.29) is 17.2 Å². The molecule has 1 atom stereocenters. The lowest BCUT2D eigenvalue weighted by Crippen LogP contribution is -2.21. The van der Waals surface area contributed by atoms with Crippen LogP contribution < -0.4 is 10.8 Å². The third kappa shape index (κ3) is 3.24. The molecule has 1 aromatic rings. The summed E-state index contributed by atoms with van der Waals surface area (Å²) in [5.74, 6) is -1.96. The third-order valence-corrected chi connectivity index (χ3v) is 2.97. The monoisotopic (exact) mass is 282 g/mol. The van der Waals surface area contributed by atoms with E-state index >= 15 is 0 Å². The molecule has 108 valence electrons. The maximum absolute atomic E-state index is 13.7. The number of nitrogens with one attached hydrogen (secondary N) is 2. The Morgan fingerprint density at radius 3 is 2.85 bits per heavy atom. The second kappa shape index (κ2) is 6.33. The van der Waals surface area contributed by atoms with E-state index in [0.29, 0.717) is 19.6 Å². The largest absolute Gasteiger partial charge is 0.381 e. The van der Waals surface area contributed by atoms with Crippen molar-refractivity contribution in [3.8, 4) is 0 Å². The molecule has 0 aromatic heterocycles. The highest BCUT2D eigenvalue weighted by Gasteiger charge is 2.25. The smallest absolute Gasteiger partial charge is 0.337 e. The molecule has 1 heterocycles. The van der Waals surface area contributed by atoms with Gasteiger partial charge in [-0.3, -0.25) is 4.79 Å². The predicted molar refractivity (Wildman–Crippen MR) is 68.4 cm³/mol. The van der Waals surface area contributed by atoms with Crippen LogP contribution in [0.2, 0.25) is 0 Å². The molecular weight excluding hydrogens is 267 g/mol. The lowest BCUT2D eigenvalue weighted by molar-refractivity contribution is -0.145. The number of carbonyl (C=O) groups is 2. The van der Waals surface area contributed by atoms with Crippen molar-refractivity contribution < 1.29 is 23.6 Å². The molecule has 0 saturated carbocycles. The Kier molecular flexibility index (Phi) is 4.52. The Bertz CT molecular complexity index is 515. The minimum atomic E-state index is -0.699. The molecule has 1 amide bonds. The van der Waals surface area contributed by atoms with E-state index in [9.17, 15) is 14.0 Å². The van der Waals surface area contributed by atoms with Gasteiger partial charge in [-0.1, -0.05) is 0 Å². The van der Waals surface area contributed by atoms with Gasteiger partial charge < -0.3 is 14.9 Å². The van der Waals surface area contributed by atoms with E-state index in [2.05, 4.69) is 10.8 Å². The summed E-state index contributed by atoms with van der Waals surface area (Å²) in [6, 6.07) is 3.85. The molecule has 7 heteroatoms. The maximum atomic E-state index is 13.7. The summed E-state index contributed by atoms with van der Waals surface area (Å²) < 4.78 is 18.7. The van der Waals surface area contributed by atoms with Crippen molar-refractivity contribution in [2.24, 2.45) is 5.92 Å². The van der Waals surface area contributed by atoms with Crippen LogP contribution in [0.4, 0.5) is 10.1 Å². The number of carbonyl (C=O) groups excluding carboxylic acids is 2. The summed E-state index contributed by atoms with van der Waals surface area (Å²) in [5.41, 5.74) is 2.55. The highest BCUT2D eigenvalue weighted by molar-refractivity contribution is 5.94. The van der Waals surface area contributed by atoms with Crippen molar-refractivity contribution in [2.75, 3.05) is 25.7 Å². The SMILES string of the molecule is CNC(=O)c1ccc(NOC(=O)C2CCOC2)cc1F. The van der Waals surface area contributed by atoms with Gasteiger partial charge in [0.25, 0.3) is 5.91 Å². The number of benzene rings is 1. The number of hydrogen-bond donors (Lipinski definition) is 2. The highest BCUT2D eigenvalue weighted by atomic mass is 19.1. The fraction of sp³-hybridized carbons (Fsp3) is 0.385. The standard InChI is InChI=1S/C13H15FN2O4/c1-15-12(17)10-3-2-9(6-11(10)14)16-20-13(18)8-4-5-19-7-8/h2-3,6,8,16H,4-5,7H2,1H3,(H,15,17). The van der Waals surface area contributed by atoms with Crippen molar-refractivity contribution in [1.29, 1.82) is 0 Å². The Hall–Kier alpha value is -2.15. The van der Waals surface area contributed by atoms with Crippen LogP contribution in [-0.2, 0) is 14.4 Å². The first-order chi connectivity index (χ1) is 9.61. The first kappa shape index (κ1) is 14.3. The van der Waals surface area contributed by atoms with Crippen LogP contribution >= 0.6 is 0 Å². The summed E-state index contributed by atoms with van der Waals surface area (Å²) in [4.78, 5) is 27.8. The van der Waals surface area contributed by atoms with Gasteiger partial charge in [0.2, 0.25) is 0 Å². The van der Waals surface area contributed by atoms with E-state index < -0.39 is 17.7 Å². The number of ether oxygens (including phenoxy) is 1. The van der Waals surface area contributed by atoms with E-state index in [1.807, 2.05) is 0 Å². The van der Waals surface area contributed by atoms with Crippen molar-refractivity contribution in [1.82, 2.24) is 5.32 Å². The Balaban J connectivity index is 1.95. The predicted octanol–water partition coefficient (Wildman–Crippen LogP) is 1.09. The van der Waals surface area contributed by atoms with Gasteiger partial charge in [0, 0.05) is 19.7 Å². The molecule has 1 aliphatic rings. The third-order valence-electron chi connectivity index (χ3n) is 2.97. The quantitative estimate of drug-likeness (QED) is 0.808. The molecule has 20 heavy (non-hydrogen) atoms. The van der Waals surface area contributed by atoms with Crippen LogP contribution in [0.1, 0.15) is 16.8 Å². The zero-order valence-electron chi connectivity index (χ0n) is 10.9. The normalized spacial score (nSPS) is 17.6. The molecule has 0 spiro atoms. The summed E-state index contributed by atoms with van der Waals surface area (Å²) >= 11 is 0. The molecular formula is C13H15FN2O4. The minimum absolute atomic E-state index is 0.0754. The molecule has 2 rings (SSSR count). The van der Waals surface area contributed by atoms with Gasteiger partial charge >= 0.3 is 5.97 Å². The number of amides is 1. The van der Waals surface area contributed by atoms with Crippen molar-refractivity contribution in [3.63, 3.8) is 0 Å². The fourth-order valence-electron chi connectivity index (χ4n) is 1.81. The van der Waals surface area contributed by atoms with Gasteiger partial charge in [-0.05, 0) is 18.6 Å². The highest BCUT2D eigenvalue weighted by Crippen LogP contribution is 2.17. The van der Waals surface area contributed by atoms with Gasteiger partial charge in [-0.2, -0.15) is 0 Å². The van der Waals surface area contributed by atoms with E-state index in [4.69, 9.17) is 9.57 Å². The minimum Gasteiger partial charge on any atom is -0.381 e. The molecule has 0 radical (unpaired) electrons. The van der Waals surface area contributed by atoms with Gasteiger partial charge in [0.1, 0.15) is 5.82 Å². The van der Waals surface area contributed by atoms with Crippen LogP contribution in [0.25, 0.3) is 0 Å². The first-order valence-electron chi connectivity index (χ1n) is 6.18. The number of hydrogen-bond acceptors (Lipinski definition) is 5. The average Bonchev–Trinajstić information content (AvgIpc) is 2.98. The summed E-state index contributed by atoms with van der Waals surface area (Å²) in [6.07, 6.45) is 0.616. The molecule has 1 aromatic carbocycles. The van der Waals surface area contributed by atoms with Crippen molar-refractivity contribution in [2.45, 2.75) is 6.42 Å². The van der Waals surface area contributed by atoms with Gasteiger partial charge in [-0.25, -0.2) is 14.7 Å². The van der Waals surface area contributed by atoms with Crippen LogP contribution in [0.3, 0.4) is 0 Å². The number of rotatable bonds is 4. The van der Waals surface area contributed by atoms with Crippen LogP contribution in [0, 0.1) is 11.7 Å². The van der Waals surface area contributed by atoms with Crippen LogP contribution in [0.5, 0.6) is 0 Å². The van der Waals surface area contributed by atoms with Crippen LogP contribution in [0.15, 0.2) is 18.2 Å². The summed E-state index contributed by atoms with van der Waals surface area (Å²) in [5, 5.41) is 2.33.